The number of fused-ring (bicyclic) bond motifs is 3. The van der Waals surface area contributed by atoms with Crippen LogP contribution in [0.4, 0.5) is 5.69 Å². The van der Waals surface area contributed by atoms with Gasteiger partial charge in [0.2, 0.25) is 0 Å². The predicted molar refractivity (Wildman–Crippen MR) is 77.6 cm³/mol. The molecule has 1 heterocycles. The minimum atomic E-state index is -0.330. The van der Waals surface area contributed by atoms with Crippen LogP contribution in [-0.2, 0) is 0 Å². The monoisotopic (exact) mass is 269 g/mol. The number of nitrogens with zero attached hydrogens (tertiary/aromatic N) is 1. The first-order valence-corrected chi connectivity index (χ1v) is 4.92. The second-order valence-corrected chi connectivity index (χ2v) is 3.62. The Morgan fingerprint density at radius 1 is 1.06 bits per heavy atom. The van der Waals surface area contributed by atoms with E-state index < -0.39 is 0 Å². The van der Waals surface area contributed by atoms with Crippen LogP contribution < -0.4 is 11.1 Å². The predicted octanol–water partition coefficient (Wildman–Crippen LogP) is 2.77. The molecule has 1 aliphatic heterocycles. The smallest absolute Gasteiger partial charge is 0.171 e. The molecule has 0 bridgehead atoms. The van der Waals surface area contributed by atoms with Crippen molar-refractivity contribution < 1.29 is 0 Å². The normalized spacial score (nSPS) is 16.4. The fraction of sp³-hybridized carbons (Fsp3) is 0.0833. The lowest BCUT2D eigenvalue weighted by molar-refractivity contribution is 0.808. The third kappa shape index (κ3) is 2.36. The van der Waals surface area contributed by atoms with E-state index in [1.54, 1.807) is 0 Å². The fourth-order valence-electron chi connectivity index (χ4n) is 1.90. The molecule has 2 aromatic rings. The van der Waals surface area contributed by atoms with Gasteiger partial charge in [-0.25, -0.2) is 0 Å². The molecule has 0 saturated carbocycles. The number of benzene rings is 2. The van der Waals surface area contributed by atoms with Gasteiger partial charge in [0.25, 0.3) is 0 Å². The average Bonchev–Trinajstić information content (AvgIpc) is 2.29. The van der Waals surface area contributed by atoms with Crippen molar-refractivity contribution in [2.75, 3.05) is 5.32 Å². The molecule has 0 amide bonds. The van der Waals surface area contributed by atoms with Gasteiger partial charge in [-0.15, -0.1) is 24.8 Å². The number of aliphatic imine (C=N–C) groups is 1. The number of anilines is 1. The highest BCUT2D eigenvalue weighted by Crippen LogP contribution is 2.28. The third-order valence-electron chi connectivity index (χ3n) is 2.63. The van der Waals surface area contributed by atoms with Crippen molar-refractivity contribution in [2.24, 2.45) is 10.7 Å². The second kappa shape index (κ2) is 5.36. The molecule has 0 aromatic heterocycles. The van der Waals surface area contributed by atoms with Crippen LogP contribution in [-0.4, -0.2) is 12.5 Å². The van der Waals surface area contributed by atoms with E-state index in [1.165, 1.54) is 10.8 Å². The maximum atomic E-state index is 5.73. The zero-order chi connectivity index (χ0) is 10.3. The van der Waals surface area contributed by atoms with Gasteiger partial charge in [0.05, 0.1) is 5.69 Å². The van der Waals surface area contributed by atoms with Gasteiger partial charge in [-0.3, -0.25) is 10.7 Å². The van der Waals surface area contributed by atoms with Crippen LogP contribution in [0.2, 0.25) is 0 Å². The summed E-state index contributed by atoms with van der Waals surface area (Å²) in [6.45, 7) is 0. The lowest BCUT2D eigenvalue weighted by Gasteiger charge is -2.19. The van der Waals surface area contributed by atoms with Crippen molar-refractivity contribution in [3.63, 3.8) is 0 Å². The van der Waals surface area contributed by atoms with E-state index in [1.807, 2.05) is 18.3 Å². The van der Waals surface area contributed by atoms with Crippen LogP contribution >= 0.6 is 24.8 Å². The Labute approximate surface area is 112 Å². The number of hydrogen-bond donors (Lipinski definition) is 2. The number of nitrogens with two attached hydrogens (primary N) is 1. The molecule has 0 spiro atoms. The van der Waals surface area contributed by atoms with Gasteiger partial charge < -0.3 is 5.32 Å². The number of halogens is 2. The van der Waals surface area contributed by atoms with E-state index in [0.717, 1.165) is 11.3 Å². The van der Waals surface area contributed by atoms with Crippen LogP contribution in [0.5, 0.6) is 0 Å². The lowest BCUT2D eigenvalue weighted by atomic mass is 10.0. The Hall–Kier alpha value is -1.29. The summed E-state index contributed by atoms with van der Waals surface area (Å²) in [6.07, 6.45) is 1.49. The highest BCUT2D eigenvalue weighted by Gasteiger charge is 2.12. The molecule has 1 atom stereocenters. The first-order valence-electron chi connectivity index (χ1n) is 4.92. The molecule has 3 rings (SSSR count). The van der Waals surface area contributed by atoms with Gasteiger partial charge in [0, 0.05) is 17.2 Å². The first kappa shape index (κ1) is 13.8. The lowest BCUT2D eigenvalue weighted by Crippen LogP contribution is -2.30. The van der Waals surface area contributed by atoms with E-state index >= 15 is 0 Å². The summed E-state index contributed by atoms with van der Waals surface area (Å²) in [5, 5.41) is 5.59. The topological polar surface area (TPSA) is 50.4 Å². The van der Waals surface area contributed by atoms with Gasteiger partial charge in [0.1, 0.15) is 0 Å². The molecule has 90 valence electrons. The van der Waals surface area contributed by atoms with Gasteiger partial charge in [-0.1, -0.05) is 36.4 Å². The Morgan fingerprint density at radius 3 is 2.65 bits per heavy atom. The summed E-state index contributed by atoms with van der Waals surface area (Å²) in [5.74, 6) is 0. The highest BCUT2D eigenvalue weighted by molar-refractivity contribution is 6.04. The Bertz CT molecular complexity index is 554. The van der Waals surface area contributed by atoms with Gasteiger partial charge in [-0.05, 0) is 5.39 Å². The van der Waals surface area contributed by atoms with Crippen molar-refractivity contribution in [3.05, 3.63) is 42.0 Å². The summed E-state index contributed by atoms with van der Waals surface area (Å²) in [7, 11) is 0. The standard InChI is InChI=1S/C12H11N3.2ClH/c13-12-14-7-9-6-5-8-3-1-2-4-10(8)11(9)15-12;;/h1-7,12,15H,13H2;2*1H. The van der Waals surface area contributed by atoms with Crippen molar-refractivity contribution in [1.82, 2.24) is 0 Å². The average molecular weight is 270 g/mol. The Kier molecular flexibility index (Phi) is 4.34. The summed E-state index contributed by atoms with van der Waals surface area (Å²) in [6, 6.07) is 12.4. The van der Waals surface area contributed by atoms with Crippen molar-refractivity contribution in [2.45, 2.75) is 6.29 Å². The summed E-state index contributed by atoms with van der Waals surface area (Å²) in [5.41, 5.74) is 7.90. The van der Waals surface area contributed by atoms with Crippen LogP contribution in [0.25, 0.3) is 10.8 Å². The molecular formula is C12H13Cl2N3. The fourth-order valence-corrected chi connectivity index (χ4v) is 1.90. The van der Waals surface area contributed by atoms with E-state index in [4.69, 9.17) is 5.73 Å². The van der Waals surface area contributed by atoms with Crippen LogP contribution in [0, 0.1) is 0 Å². The molecule has 0 saturated heterocycles. The largest absolute Gasteiger partial charge is 0.351 e. The molecule has 0 aliphatic carbocycles. The molecule has 3 N–H and O–H groups in total. The van der Waals surface area contributed by atoms with E-state index in [0.29, 0.717) is 0 Å². The van der Waals surface area contributed by atoms with Gasteiger partial charge in [0.15, 0.2) is 6.29 Å². The van der Waals surface area contributed by atoms with Gasteiger partial charge >= 0.3 is 0 Å². The first-order chi connectivity index (χ1) is 7.34. The molecule has 3 nitrogen and oxygen atoms in total. The van der Waals surface area contributed by atoms with Crippen molar-refractivity contribution in [1.29, 1.82) is 0 Å². The quantitative estimate of drug-likeness (QED) is 0.773. The molecule has 5 heteroatoms. The van der Waals surface area contributed by atoms with Crippen molar-refractivity contribution >= 4 is 47.5 Å². The van der Waals surface area contributed by atoms with Crippen LogP contribution in [0.3, 0.4) is 0 Å². The van der Waals surface area contributed by atoms with Crippen LogP contribution in [0.15, 0.2) is 41.4 Å². The summed E-state index contributed by atoms with van der Waals surface area (Å²) >= 11 is 0. The number of rotatable bonds is 0. The SMILES string of the molecule is Cl.Cl.NC1N=Cc2ccc3ccccc3c2N1. The Morgan fingerprint density at radius 2 is 1.82 bits per heavy atom. The summed E-state index contributed by atoms with van der Waals surface area (Å²) in [4.78, 5) is 4.12. The third-order valence-corrected chi connectivity index (χ3v) is 2.63. The molecule has 0 radical (unpaired) electrons. The second-order valence-electron chi connectivity index (χ2n) is 3.62. The highest BCUT2D eigenvalue weighted by atomic mass is 35.5. The van der Waals surface area contributed by atoms with Gasteiger partial charge in [-0.2, -0.15) is 0 Å². The summed E-state index contributed by atoms with van der Waals surface area (Å²) < 4.78 is 0. The minimum absolute atomic E-state index is 0. The zero-order valence-electron chi connectivity index (χ0n) is 8.96. The van der Waals surface area contributed by atoms with E-state index in [2.05, 4.69) is 34.6 Å². The number of hydrogen-bond acceptors (Lipinski definition) is 3. The van der Waals surface area contributed by atoms with E-state index in [9.17, 15) is 0 Å². The van der Waals surface area contributed by atoms with E-state index in [-0.39, 0.29) is 31.1 Å². The molecular weight excluding hydrogens is 257 g/mol. The van der Waals surface area contributed by atoms with Crippen LogP contribution in [0.1, 0.15) is 5.56 Å². The molecule has 1 unspecified atom stereocenters. The van der Waals surface area contributed by atoms with Crippen molar-refractivity contribution in [3.8, 4) is 0 Å². The molecule has 1 aliphatic rings. The number of nitrogens with one attached hydrogen (secondary N) is 1. The minimum Gasteiger partial charge on any atom is -0.351 e. The maximum absolute atomic E-state index is 5.73. The molecule has 0 fully saturated rings. The zero-order valence-corrected chi connectivity index (χ0v) is 10.6. The Balaban J connectivity index is 0.000000722. The maximum Gasteiger partial charge on any atom is 0.171 e. The molecule has 17 heavy (non-hydrogen) atoms. The molecule has 2 aromatic carbocycles.